The van der Waals surface area contributed by atoms with E-state index in [0.717, 1.165) is 0 Å². The number of hydrogen-bond donors (Lipinski definition) is 0. The van der Waals surface area contributed by atoms with Crippen molar-refractivity contribution in [3.63, 3.8) is 0 Å². The lowest BCUT2D eigenvalue weighted by Gasteiger charge is -2.10. The molecule has 2 rings (SSSR count). The maximum atomic E-state index is 2.32. The van der Waals surface area contributed by atoms with Crippen LogP contribution in [0.4, 0.5) is 0 Å². The summed E-state index contributed by atoms with van der Waals surface area (Å²) in [5.41, 5.74) is 6.08. The van der Waals surface area contributed by atoms with Gasteiger partial charge in [0.05, 0.1) is 0 Å². The average molecular weight is 413 g/mol. The molecule has 2 heterocycles. The molecular formula is C26H36S2. The molecule has 0 aliphatic carbocycles. The highest BCUT2D eigenvalue weighted by atomic mass is 32.1. The van der Waals surface area contributed by atoms with E-state index in [0.29, 0.717) is 0 Å². The summed E-state index contributed by atoms with van der Waals surface area (Å²) in [6, 6.07) is 0. The third-order valence-electron chi connectivity index (χ3n) is 4.87. The van der Waals surface area contributed by atoms with E-state index in [1.54, 1.807) is 0 Å². The van der Waals surface area contributed by atoms with Gasteiger partial charge in [0.1, 0.15) is 0 Å². The van der Waals surface area contributed by atoms with Crippen molar-refractivity contribution in [2.45, 2.75) is 69.2 Å². The van der Waals surface area contributed by atoms with E-state index >= 15 is 0 Å². The van der Waals surface area contributed by atoms with E-state index < -0.39 is 0 Å². The topological polar surface area (TPSA) is 0 Å². The van der Waals surface area contributed by atoms with E-state index in [1.807, 2.05) is 22.7 Å². The van der Waals surface area contributed by atoms with Crippen LogP contribution in [0.1, 0.15) is 73.6 Å². The first-order chi connectivity index (χ1) is 12.8. The van der Waals surface area contributed by atoms with Gasteiger partial charge < -0.3 is 0 Å². The van der Waals surface area contributed by atoms with E-state index in [1.165, 1.54) is 41.8 Å². The smallest absolute Gasteiger partial charge is 0.0483 e. The molecule has 0 saturated heterocycles. The van der Waals surface area contributed by atoms with Crippen LogP contribution in [0.25, 0.3) is 21.9 Å². The fourth-order valence-electron chi connectivity index (χ4n) is 2.80. The highest BCUT2D eigenvalue weighted by Crippen LogP contribution is 2.44. The van der Waals surface area contributed by atoms with Gasteiger partial charge in [-0.05, 0) is 72.9 Å². The summed E-state index contributed by atoms with van der Waals surface area (Å²) in [4.78, 5) is 5.61. The molecule has 2 aromatic rings. The molecule has 0 unspecified atom stereocenters. The van der Waals surface area contributed by atoms with Gasteiger partial charge in [-0.3, -0.25) is 0 Å². The van der Waals surface area contributed by atoms with Crippen molar-refractivity contribution in [1.82, 2.24) is 0 Å². The quantitative estimate of drug-likeness (QED) is 0.439. The minimum atomic E-state index is 0.207. The number of rotatable bonds is 4. The summed E-state index contributed by atoms with van der Waals surface area (Å²) >= 11 is 3.86. The maximum Gasteiger partial charge on any atom is 0.0483 e. The summed E-state index contributed by atoms with van der Waals surface area (Å²) in [6.45, 7) is 22.5. The predicted molar refractivity (Wildman–Crippen MR) is 133 cm³/mol. The van der Waals surface area contributed by atoms with Crippen LogP contribution in [0.5, 0.6) is 0 Å². The number of allylic oxidation sites excluding steroid dienone is 4. The molecule has 0 saturated carbocycles. The second-order valence-electron chi connectivity index (χ2n) is 9.87. The Morgan fingerprint density at radius 2 is 0.964 bits per heavy atom. The van der Waals surface area contributed by atoms with E-state index in [9.17, 15) is 0 Å². The molecule has 2 aromatic heterocycles. The summed E-state index contributed by atoms with van der Waals surface area (Å²) in [5.74, 6) is 0. The SMILES string of the molecule is Cc1c(/C=C/C=C/C(C)(C)C)sc(-c2sc(/C=C/C(C)(C)C)c(C)c2C)c1C. The van der Waals surface area contributed by atoms with Gasteiger partial charge in [0, 0.05) is 19.5 Å². The molecule has 0 bridgehead atoms. The minimum absolute atomic E-state index is 0.207. The van der Waals surface area contributed by atoms with E-state index in [4.69, 9.17) is 0 Å². The Kier molecular flexibility index (Phi) is 6.99. The molecule has 0 aliphatic rings. The van der Waals surface area contributed by atoms with Crippen LogP contribution in [-0.2, 0) is 0 Å². The Hall–Kier alpha value is -1.38. The molecule has 0 atom stereocenters. The standard InChI is InChI=1S/C26H36S2/c1-17-19(3)23(27-21(17)13-11-12-15-25(5,6)7)24-20(4)18(2)22(28-24)14-16-26(8,9)10/h11-16H,1-10H3/b13-11+,15-12+,16-14+. The summed E-state index contributed by atoms with van der Waals surface area (Å²) in [5, 5.41) is 0. The Bertz CT molecular complexity index is 913. The summed E-state index contributed by atoms with van der Waals surface area (Å²) < 4.78 is 0. The van der Waals surface area contributed by atoms with Crippen molar-refractivity contribution in [3.8, 4) is 9.75 Å². The lowest BCUT2D eigenvalue weighted by atomic mass is 9.96. The van der Waals surface area contributed by atoms with Crippen molar-refractivity contribution < 1.29 is 0 Å². The van der Waals surface area contributed by atoms with Crippen molar-refractivity contribution in [2.75, 3.05) is 0 Å². The zero-order valence-electron chi connectivity index (χ0n) is 19.3. The minimum Gasteiger partial charge on any atom is -0.134 e. The highest BCUT2D eigenvalue weighted by Gasteiger charge is 2.18. The van der Waals surface area contributed by atoms with Gasteiger partial charge in [0.25, 0.3) is 0 Å². The highest BCUT2D eigenvalue weighted by molar-refractivity contribution is 7.23. The number of hydrogen-bond acceptors (Lipinski definition) is 2. The average Bonchev–Trinajstić information content (AvgIpc) is 3.00. The molecule has 0 nitrogen and oxygen atoms in total. The maximum absolute atomic E-state index is 2.32. The predicted octanol–water partition coefficient (Wildman–Crippen LogP) is 9.39. The number of thiophene rings is 2. The van der Waals surface area contributed by atoms with Crippen LogP contribution in [0.2, 0.25) is 0 Å². The van der Waals surface area contributed by atoms with Crippen molar-refractivity contribution in [1.29, 1.82) is 0 Å². The van der Waals surface area contributed by atoms with Crippen LogP contribution in [-0.4, -0.2) is 0 Å². The van der Waals surface area contributed by atoms with Gasteiger partial charge in [-0.25, -0.2) is 0 Å². The van der Waals surface area contributed by atoms with Crippen molar-refractivity contribution in [3.05, 3.63) is 56.3 Å². The van der Waals surface area contributed by atoms with Crippen LogP contribution in [0, 0.1) is 38.5 Å². The fraction of sp³-hybridized carbons (Fsp3) is 0.462. The molecule has 28 heavy (non-hydrogen) atoms. The van der Waals surface area contributed by atoms with E-state index in [-0.39, 0.29) is 10.8 Å². The molecule has 2 heteroatoms. The van der Waals surface area contributed by atoms with Gasteiger partial charge in [0.15, 0.2) is 0 Å². The molecular weight excluding hydrogens is 376 g/mol. The molecule has 0 amide bonds. The molecule has 0 spiro atoms. The third-order valence-corrected chi connectivity index (χ3v) is 7.75. The molecule has 0 radical (unpaired) electrons. The lowest BCUT2D eigenvalue weighted by molar-refractivity contribution is 0.544. The molecule has 0 N–H and O–H groups in total. The summed E-state index contributed by atoms with van der Waals surface area (Å²) in [6.07, 6.45) is 13.5. The van der Waals surface area contributed by atoms with Crippen LogP contribution in [0.15, 0.2) is 24.3 Å². The first-order valence-electron chi connectivity index (χ1n) is 10.1. The molecule has 0 aromatic carbocycles. The van der Waals surface area contributed by atoms with Crippen LogP contribution < -0.4 is 0 Å². The van der Waals surface area contributed by atoms with Gasteiger partial charge in [-0.1, -0.05) is 65.8 Å². The van der Waals surface area contributed by atoms with Crippen molar-refractivity contribution in [2.24, 2.45) is 10.8 Å². The van der Waals surface area contributed by atoms with Gasteiger partial charge >= 0.3 is 0 Å². The largest absolute Gasteiger partial charge is 0.134 e. The molecule has 0 aliphatic heterocycles. The van der Waals surface area contributed by atoms with Crippen molar-refractivity contribution >= 4 is 34.8 Å². The Balaban J connectivity index is 2.41. The second-order valence-corrected chi connectivity index (χ2v) is 12.0. The van der Waals surface area contributed by atoms with Gasteiger partial charge in [0.2, 0.25) is 0 Å². The van der Waals surface area contributed by atoms with E-state index in [2.05, 4.69) is 106 Å². The lowest BCUT2D eigenvalue weighted by Crippen LogP contribution is -1.97. The van der Waals surface area contributed by atoms with Crippen LogP contribution >= 0.6 is 22.7 Å². The van der Waals surface area contributed by atoms with Gasteiger partial charge in [-0.2, -0.15) is 0 Å². The molecule has 0 fully saturated rings. The Labute approximate surface area is 180 Å². The summed E-state index contributed by atoms with van der Waals surface area (Å²) in [7, 11) is 0. The zero-order valence-corrected chi connectivity index (χ0v) is 20.9. The Morgan fingerprint density at radius 1 is 0.536 bits per heavy atom. The monoisotopic (exact) mass is 412 g/mol. The third kappa shape index (κ3) is 5.81. The van der Waals surface area contributed by atoms with Crippen LogP contribution in [0.3, 0.4) is 0 Å². The first kappa shape index (κ1) is 22.9. The van der Waals surface area contributed by atoms with Gasteiger partial charge in [-0.15, -0.1) is 22.7 Å². The fourth-order valence-corrected chi connectivity index (χ4v) is 5.49. The Morgan fingerprint density at radius 3 is 1.39 bits per heavy atom. The molecule has 152 valence electrons. The first-order valence-corrected chi connectivity index (χ1v) is 11.7. The second kappa shape index (κ2) is 8.55. The normalized spacial score (nSPS) is 13.6. The zero-order chi connectivity index (χ0) is 21.3.